The zero-order valence-corrected chi connectivity index (χ0v) is 14.9. The van der Waals surface area contributed by atoms with Crippen molar-refractivity contribution in [2.75, 3.05) is 46.1 Å². The van der Waals surface area contributed by atoms with E-state index in [2.05, 4.69) is 0 Å². The van der Waals surface area contributed by atoms with Gasteiger partial charge >= 0.3 is 0 Å². The number of benzene rings is 1. The van der Waals surface area contributed by atoms with Crippen molar-refractivity contribution in [3.63, 3.8) is 0 Å². The van der Waals surface area contributed by atoms with E-state index in [0.717, 1.165) is 0 Å². The summed E-state index contributed by atoms with van der Waals surface area (Å²) >= 11 is 0. The van der Waals surface area contributed by atoms with Gasteiger partial charge in [0.2, 0.25) is 0 Å². The molecule has 0 aromatic heterocycles. The number of hydrogen-bond donors (Lipinski definition) is 0. The quantitative estimate of drug-likeness (QED) is 0.545. The Balaban J connectivity index is 1.90. The SMILES string of the molecule is CCOCCCN1C(=O)C(c2ccc(F)cc2)=C(N2CCOCC2)C1=O. The lowest BCUT2D eigenvalue weighted by molar-refractivity contribution is -0.138. The van der Waals surface area contributed by atoms with Crippen LogP contribution < -0.4 is 0 Å². The van der Waals surface area contributed by atoms with Crippen LogP contribution >= 0.6 is 0 Å². The van der Waals surface area contributed by atoms with Gasteiger partial charge in [-0.3, -0.25) is 14.5 Å². The van der Waals surface area contributed by atoms with Crippen molar-refractivity contribution in [3.8, 4) is 0 Å². The third-order valence-corrected chi connectivity index (χ3v) is 4.48. The van der Waals surface area contributed by atoms with Crippen molar-refractivity contribution < 1.29 is 23.5 Å². The summed E-state index contributed by atoms with van der Waals surface area (Å²) in [5, 5.41) is 0. The monoisotopic (exact) mass is 362 g/mol. The fraction of sp³-hybridized carbons (Fsp3) is 0.474. The second-order valence-electron chi connectivity index (χ2n) is 6.14. The molecule has 140 valence electrons. The maximum Gasteiger partial charge on any atom is 0.277 e. The van der Waals surface area contributed by atoms with E-state index in [9.17, 15) is 14.0 Å². The Hall–Kier alpha value is -2.25. The average Bonchev–Trinajstić information content (AvgIpc) is 2.91. The molecule has 1 aromatic rings. The highest BCUT2D eigenvalue weighted by atomic mass is 19.1. The number of carbonyl (C=O) groups excluding carboxylic acids is 2. The van der Waals surface area contributed by atoms with E-state index in [-0.39, 0.29) is 17.6 Å². The molecule has 0 bridgehead atoms. The van der Waals surface area contributed by atoms with Gasteiger partial charge < -0.3 is 14.4 Å². The van der Waals surface area contributed by atoms with Crippen LogP contribution in [-0.2, 0) is 19.1 Å². The lowest BCUT2D eigenvalue weighted by Gasteiger charge is -2.29. The number of rotatable bonds is 7. The summed E-state index contributed by atoms with van der Waals surface area (Å²) < 4.78 is 24.0. The normalized spacial score (nSPS) is 18.2. The molecule has 0 atom stereocenters. The van der Waals surface area contributed by atoms with Crippen molar-refractivity contribution in [1.29, 1.82) is 0 Å². The molecular formula is C19H23FN2O4. The highest BCUT2D eigenvalue weighted by molar-refractivity contribution is 6.35. The Morgan fingerprint density at radius 3 is 2.46 bits per heavy atom. The van der Waals surface area contributed by atoms with Crippen LogP contribution in [0.1, 0.15) is 18.9 Å². The van der Waals surface area contributed by atoms with Gasteiger partial charge in [-0.25, -0.2) is 4.39 Å². The van der Waals surface area contributed by atoms with E-state index in [1.807, 2.05) is 11.8 Å². The van der Waals surface area contributed by atoms with E-state index in [1.54, 1.807) is 12.1 Å². The summed E-state index contributed by atoms with van der Waals surface area (Å²) in [5.41, 5.74) is 1.29. The van der Waals surface area contributed by atoms with Gasteiger partial charge in [0.05, 0.1) is 18.8 Å². The van der Waals surface area contributed by atoms with Crippen LogP contribution in [0, 0.1) is 5.82 Å². The molecule has 2 aliphatic heterocycles. The molecule has 0 saturated carbocycles. The van der Waals surface area contributed by atoms with Crippen molar-refractivity contribution in [3.05, 3.63) is 41.3 Å². The molecule has 1 fully saturated rings. The summed E-state index contributed by atoms with van der Waals surface area (Å²) in [6, 6.07) is 5.68. The molecule has 26 heavy (non-hydrogen) atoms. The molecule has 0 aliphatic carbocycles. The average molecular weight is 362 g/mol. The zero-order chi connectivity index (χ0) is 18.5. The first-order chi connectivity index (χ1) is 12.6. The second-order valence-corrected chi connectivity index (χ2v) is 6.14. The summed E-state index contributed by atoms with van der Waals surface area (Å²) in [6.45, 7) is 5.40. The van der Waals surface area contributed by atoms with Crippen LogP contribution in [0.5, 0.6) is 0 Å². The van der Waals surface area contributed by atoms with E-state index in [1.165, 1.54) is 17.0 Å². The van der Waals surface area contributed by atoms with Crippen LogP contribution in [0.25, 0.3) is 5.57 Å². The van der Waals surface area contributed by atoms with Crippen molar-refractivity contribution in [1.82, 2.24) is 9.80 Å². The number of halogens is 1. The number of hydrogen-bond acceptors (Lipinski definition) is 5. The lowest BCUT2D eigenvalue weighted by atomic mass is 10.0. The Bertz CT molecular complexity index is 696. The molecule has 3 rings (SSSR count). The second kappa shape index (κ2) is 8.42. The van der Waals surface area contributed by atoms with Gasteiger partial charge in [0.1, 0.15) is 11.5 Å². The van der Waals surface area contributed by atoms with Crippen molar-refractivity contribution in [2.45, 2.75) is 13.3 Å². The number of ether oxygens (including phenoxy) is 2. The molecule has 0 unspecified atom stereocenters. The Morgan fingerprint density at radius 1 is 1.12 bits per heavy atom. The van der Waals surface area contributed by atoms with Crippen molar-refractivity contribution in [2.24, 2.45) is 0 Å². The van der Waals surface area contributed by atoms with Crippen LogP contribution in [0.3, 0.4) is 0 Å². The van der Waals surface area contributed by atoms with Gasteiger partial charge in [0.15, 0.2) is 0 Å². The molecule has 1 saturated heterocycles. The maximum absolute atomic E-state index is 13.3. The molecule has 6 nitrogen and oxygen atoms in total. The smallest absolute Gasteiger partial charge is 0.277 e. The molecule has 0 spiro atoms. The fourth-order valence-corrected chi connectivity index (χ4v) is 3.19. The zero-order valence-electron chi connectivity index (χ0n) is 14.9. The van der Waals surface area contributed by atoms with Gasteiger partial charge in [-0.2, -0.15) is 0 Å². The molecule has 2 amide bonds. The van der Waals surface area contributed by atoms with E-state index < -0.39 is 0 Å². The van der Waals surface area contributed by atoms with Gasteiger partial charge in [-0.05, 0) is 31.0 Å². The fourth-order valence-electron chi connectivity index (χ4n) is 3.19. The standard InChI is InChI=1S/C19H23FN2O4/c1-2-25-11-3-8-22-18(23)16(14-4-6-15(20)7-5-14)17(19(22)24)21-9-12-26-13-10-21/h4-7H,2-3,8-13H2,1H3. The number of amides is 2. The predicted molar refractivity (Wildman–Crippen MR) is 93.5 cm³/mol. The minimum atomic E-state index is -0.382. The van der Waals surface area contributed by atoms with Gasteiger partial charge in [0, 0.05) is 32.8 Å². The van der Waals surface area contributed by atoms with Gasteiger partial charge in [-0.15, -0.1) is 0 Å². The Kier molecular flexibility index (Phi) is 6.00. The maximum atomic E-state index is 13.3. The van der Waals surface area contributed by atoms with Gasteiger partial charge in [0.25, 0.3) is 11.8 Å². The van der Waals surface area contributed by atoms with Crippen LogP contribution in [0.2, 0.25) is 0 Å². The van der Waals surface area contributed by atoms with E-state index in [0.29, 0.717) is 69.3 Å². The number of carbonyl (C=O) groups is 2. The van der Waals surface area contributed by atoms with Gasteiger partial charge in [-0.1, -0.05) is 12.1 Å². The van der Waals surface area contributed by atoms with Crippen molar-refractivity contribution >= 4 is 17.4 Å². The summed E-state index contributed by atoms with van der Waals surface area (Å²) in [6.07, 6.45) is 0.582. The minimum absolute atomic E-state index is 0.298. The Morgan fingerprint density at radius 2 is 1.81 bits per heavy atom. The number of nitrogens with zero attached hydrogens (tertiary/aromatic N) is 2. The topological polar surface area (TPSA) is 59.1 Å². The van der Waals surface area contributed by atoms with Crippen LogP contribution in [-0.4, -0.2) is 67.7 Å². The Labute approximate surface area is 152 Å². The largest absolute Gasteiger partial charge is 0.382 e. The number of imide groups is 1. The first-order valence-electron chi connectivity index (χ1n) is 8.90. The lowest BCUT2D eigenvalue weighted by Crippen LogP contribution is -2.40. The highest BCUT2D eigenvalue weighted by Crippen LogP contribution is 2.32. The first-order valence-corrected chi connectivity index (χ1v) is 8.90. The van der Waals surface area contributed by atoms with Crippen LogP contribution in [0.15, 0.2) is 30.0 Å². The predicted octanol–water partition coefficient (Wildman–Crippen LogP) is 1.66. The summed E-state index contributed by atoms with van der Waals surface area (Å²) in [4.78, 5) is 29.1. The highest BCUT2D eigenvalue weighted by Gasteiger charge is 2.41. The molecule has 1 aromatic carbocycles. The third-order valence-electron chi connectivity index (χ3n) is 4.48. The first kappa shape index (κ1) is 18.5. The minimum Gasteiger partial charge on any atom is -0.382 e. The molecular weight excluding hydrogens is 339 g/mol. The van der Waals surface area contributed by atoms with E-state index >= 15 is 0 Å². The van der Waals surface area contributed by atoms with Crippen LogP contribution in [0.4, 0.5) is 4.39 Å². The summed E-state index contributed by atoms with van der Waals surface area (Å²) in [7, 11) is 0. The number of morpholine rings is 1. The molecule has 7 heteroatoms. The third kappa shape index (κ3) is 3.78. The molecule has 0 radical (unpaired) electrons. The molecule has 0 N–H and O–H groups in total. The molecule has 2 heterocycles. The molecule has 2 aliphatic rings. The van der Waals surface area contributed by atoms with E-state index in [4.69, 9.17) is 9.47 Å². The summed E-state index contributed by atoms with van der Waals surface area (Å²) in [5.74, 6) is -1.01.